The van der Waals surface area contributed by atoms with Crippen LogP contribution in [0.15, 0.2) is 12.2 Å². The lowest BCUT2D eigenvalue weighted by molar-refractivity contribution is 0.204. The van der Waals surface area contributed by atoms with Crippen LogP contribution in [0, 0.1) is 0 Å². The highest BCUT2D eigenvalue weighted by Crippen LogP contribution is 2.01. The third kappa shape index (κ3) is 7.05. The van der Waals surface area contributed by atoms with Crippen LogP contribution in [-0.4, -0.2) is 42.1 Å². The fourth-order valence-electron chi connectivity index (χ4n) is 1.15. The first-order valence-corrected chi connectivity index (χ1v) is 5.33. The van der Waals surface area contributed by atoms with Crippen LogP contribution in [-0.2, 0) is 0 Å². The third-order valence-electron chi connectivity index (χ3n) is 1.88. The number of aliphatic hydroxyl groups is 1. The second-order valence-corrected chi connectivity index (χ2v) is 3.50. The van der Waals surface area contributed by atoms with Crippen molar-refractivity contribution in [3.05, 3.63) is 12.2 Å². The number of hydrogen-bond acceptors (Lipinski definition) is 2. The van der Waals surface area contributed by atoms with Crippen molar-refractivity contribution in [3.8, 4) is 0 Å². The van der Waals surface area contributed by atoms with Gasteiger partial charge in [0.1, 0.15) is 0 Å². The highest BCUT2D eigenvalue weighted by Gasteiger charge is 2.04. The number of rotatable bonds is 8. The normalized spacial score (nSPS) is 10.8. The first-order valence-electron chi connectivity index (χ1n) is 4.80. The average Bonchev–Trinajstić information content (AvgIpc) is 2.14. The zero-order valence-corrected chi connectivity index (χ0v) is 9.19. The van der Waals surface area contributed by atoms with Crippen molar-refractivity contribution in [1.29, 1.82) is 0 Å². The molecule has 0 spiro atoms. The van der Waals surface area contributed by atoms with E-state index in [0.717, 1.165) is 31.6 Å². The van der Waals surface area contributed by atoms with E-state index in [2.05, 4.69) is 18.4 Å². The van der Waals surface area contributed by atoms with E-state index < -0.39 is 0 Å². The quantitative estimate of drug-likeness (QED) is 0.483. The lowest BCUT2D eigenvalue weighted by Crippen LogP contribution is -2.30. The minimum absolute atomic E-state index is 0.208. The summed E-state index contributed by atoms with van der Waals surface area (Å²) < 4.78 is 0. The Bertz CT molecular complexity index is 139. The lowest BCUT2D eigenvalue weighted by Gasteiger charge is -2.21. The minimum atomic E-state index is 0.208. The van der Waals surface area contributed by atoms with E-state index in [1.165, 1.54) is 6.42 Å². The zero-order chi connectivity index (χ0) is 10.1. The second kappa shape index (κ2) is 8.54. The van der Waals surface area contributed by atoms with E-state index >= 15 is 0 Å². The van der Waals surface area contributed by atoms with Gasteiger partial charge in [0.25, 0.3) is 0 Å². The Labute approximate surface area is 86.2 Å². The molecule has 2 nitrogen and oxygen atoms in total. The SMILES string of the molecule is C=C(CCl)CN(CCO)CCCC. The summed E-state index contributed by atoms with van der Waals surface area (Å²) in [5, 5.41) is 8.82. The van der Waals surface area contributed by atoms with Crippen LogP contribution in [0.3, 0.4) is 0 Å². The number of alkyl halides is 1. The van der Waals surface area contributed by atoms with Gasteiger partial charge in [-0.1, -0.05) is 19.9 Å². The molecule has 0 amide bonds. The van der Waals surface area contributed by atoms with Gasteiger partial charge in [-0.15, -0.1) is 11.6 Å². The summed E-state index contributed by atoms with van der Waals surface area (Å²) in [5.74, 6) is 0.508. The summed E-state index contributed by atoms with van der Waals surface area (Å²) in [7, 11) is 0. The van der Waals surface area contributed by atoms with E-state index in [1.807, 2.05) is 0 Å². The highest BCUT2D eigenvalue weighted by molar-refractivity contribution is 6.19. The Morgan fingerprint density at radius 1 is 1.46 bits per heavy atom. The molecule has 0 aromatic carbocycles. The van der Waals surface area contributed by atoms with Crippen LogP contribution < -0.4 is 0 Å². The predicted molar refractivity (Wildman–Crippen MR) is 58.3 cm³/mol. The van der Waals surface area contributed by atoms with Gasteiger partial charge in [0.2, 0.25) is 0 Å². The van der Waals surface area contributed by atoms with Gasteiger partial charge < -0.3 is 5.11 Å². The van der Waals surface area contributed by atoms with Crippen molar-refractivity contribution in [2.45, 2.75) is 19.8 Å². The molecule has 0 fully saturated rings. The molecule has 0 saturated heterocycles. The number of aliphatic hydroxyl groups excluding tert-OH is 1. The van der Waals surface area contributed by atoms with Gasteiger partial charge >= 0.3 is 0 Å². The molecule has 0 aromatic heterocycles. The van der Waals surface area contributed by atoms with E-state index in [0.29, 0.717) is 5.88 Å². The summed E-state index contributed by atoms with van der Waals surface area (Å²) in [6, 6.07) is 0. The molecule has 13 heavy (non-hydrogen) atoms. The maximum Gasteiger partial charge on any atom is 0.0558 e. The molecule has 0 aromatic rings. The first-order chi connectivity index (χ1) is 6.24. The van der Waals surface area contributed by atoms with Crippen LogP contribution in [0.2, 0.25) is 0 Å². The summed E-state index contributed by atoms with van der Waals surface area (Å²) >= 11 is 5.64. The van der Waals surface area contributed by atoms with Gasteiger partial charge in [-0.25, -0.2) is 0 Å². The van der Waals surface area contributed by atoms with Gasteiger partial charge in [0.05, 0.1) is 6.61 Å². The maximum atomic E-state index is 8.82. The number of halogens is 1. The zero-order valence-electron chi connectivity index (χ0n) is 8.43. The number of hydrogen-bond donors (Lipinski definition) is 1. The average molecular weight is 206 g/mol. The molecule has 0 aliphatic carbocycles. The summed E-state index contributed by atoms with van der Waals surface area (Å²) in [4.78, 5) is 2.19. The van der Waals surface area contributed by atoms with E-state index in [1.54, 1.807) is 0 Å². The number of unbranched alkanes of at least 4 members (excludes halogenated alkanes) is 1. The largest absolute Gasteiger partial charge is 0.395 e. The topological polar surface area (TPSA) is 23.5 Å². The van der Waals surface area contributed by atoms with E-state index in [4.69, 9.17) is 16.7 Å². The Hall–Kier alpha value is -0.0500. The summed E-state index contributed by atoms with van der Waals surface area (Å²) in [6.45, 7) is 8.76. The van der Waals surface area contributed by atoms with Gasteiger partial charge in [0.15, 0.2) is 0 Å². The third-order valence-corrected chi connectivity index (χ3v) is 2.26. The van der Waals surface area contributed by atoms with E-state index in [9.17, 15) is 0 Å². The van der Waals surface area contributed by atoms with Crippen molar-refractivity contribution in [1.82, 2.24) is 4.90 Å². The standard InChI is InChI=1S/C10H20ClNO/c1-3-4-5-12(6-7-13)9-10(2)8-11/h13H,2-9H2,1H3. The van der Waals surface area contributed by atoms with Crippen LogP contribution in [0.4, 0.5) is 0 Å². The van der Waals surface area contributed by atoms with Crippen molar-refractivity contribution in [3.63, 3.8) is 0 Å². The van der Waals surface area contributed by atoms with Crippen LogP contribution in [0.25, 0.3) is 0 Å². The van der Waals surface area contributed by atoms with Gasteiger partial charge in [0, 0.05) is 19.0 Å². The predicted octanol–water partition coefficient (Wildman–Crippen LogP) is 1.88. The highest BCUT2D eigenvalue weighted by atomic mass is 35.5. The Morgan fingerprint density at radius 3 is 2.62 bits per heavy atom. The van der Waals surface area contributed by atoms with Crippen molar-refractivity contribution >= 4 is 11.6 Å². The first kappa shape index (κ1) is 12.9. The fourth-order valence-corrected chi connectivity index (χ4v) is 1.24. The molecule has 0 rings (SSSR count). The molecule has 0 heterocycles. The molecule has 0 saturated carbocycles. The second-order valence-electron chi connectivity index (χ2n) is 3.24. The maximum absolute atomic E-state index is 8.82. The van der Waals surface area contributed by atoms with E-state index in [-0.39, 0.29) is 6.61 Å². The molecular weight excluding hydrogens is 186 g/mol. The van der Waals surface area contributed by atoms with Gasteiger partial charge in [-0.3, -0.25) is 4.90 Å². The molecule has 0 atom stereocenters. The molecule has 0 aliphatic heterocycles. The summed E-state index contributed by atoms with van der Waals surface area (Å²) in [6.07, 6.45) is 2.34. The molecule has 1 N–H and O–H groups in total. The Morgan fingerprint density at radius 2 is 2.15 bits per heavy atom. The Kier molecular flexibility index (Phi) is 8.51. The molecule has 78 valence electrons. The van der Waals surface area contributed by atoms with Gasteiger partial charge in [-0.05, 0) is 18.5 Å². The molecular formula is C10H20ClNO. The van der Waals surface area contributed by atoms with Crippen LogP contribution in [0.5, 0.6) is 0 Å². The van der Waals surface area contributed by atoms with Gasteiger partial charge in [-0.2, -0.15) is 0 Å². The molecule has 3 heteroatoms. The minimum Gasteiger partial charge on any atom is -0.395 e. The summed E-state index contributed by atoms with van der Waals surface area (Å²) in [5.41, 5.74) is 1.02. The van der Waals surface area contributed by atoms with Crippen LogP contribution >= 0.6 is 11.6 Å². The molecule has 0 bridgehead atoms. The van der Waals surface area contributed by atoms with Crippen molar-refractivity contribution in [2.75, 3.05) is 32.1 Å². The molecule has 0 radical (unpaired) electrons. The van der Waals surface area contributed by atoms with Crippen molar-refractivity contribution in [2.24, 2.45) is 0 Å². The fraction of sp³-hybridized carbons (Fsp3) is 0.800. The smallest absolute Gasteiger partial charge is 0.0558 e. The van der Waals surface area contributed by atoms with Crippen LogP contribution in [0.1, 0.15) is 19.8 Å². The lowest BCUT2D eigenvalue weighted by atomic mass is 10.2. The number of nitrogens with zero attached hydrogens (tertiary/aromatic N) is 1. The van der Waals surface area contributed by atoms with Crippen molar-refractivity contribution < 1.29 is 5.11 Å². The Balaban J connectivity index is 3.71. The monoisotopic (exact) mass is 205 g/mol. The molecule has 0 aliphatic rings. The molecule has 0 unspecified atom stereocenters.